The van der Waals surface area contributed by atoms with Crippen molar-refractivity contribution >= 4 is 28.3 Å². The number of thiazole rings is 1. The Morgan fingerprint density at radius 2 is 1.86 bits per heavy atom. The minimum atomic E-state index is -1.12. The highest BCUT2D eigenvalue weighted by Gasteiger charge is 2.29. The molecule has 1 atom stereocenters. The average Bonchev–Trinajstić information content (AvgIpc) is 3.50. The quantitative estimate of drug-likeness (QED) is 0.234. The Morgan fingerprint density at radius 3 is 2.54 bits per heavy atom. The van der Waals surface area contributed by atoms with Gasteiger partial charge in [0.2, 0.25) is 11.8 Å². The van der Waals surface area contributed by atoms with Crippen LogP contribution in [0.5, 0.6) is 11.6 Å². The van der Waals surface area contributed by atoms with Gasteiger partial charge in [0.15, 0.2) is 5.13 Å². The van der Waals surface area contributed by atoms with E-state index in [0.29, 0.717) is 11.3 Å². The fourth-order valence-electron chi connectivity index (χ4n) is 3.68. The molecule has 0 spiro atoms. The molecule has 0 aliphatic heterocycles. The van der Waals surface area contributed by atoms with Crippen molar-refractivity contribution in [2.24, 2.45) is 0 Å². The lowest BCUT2D eigenvalue weighted by Gasteiger charge is -2.18. The number of methoxy groups -OCH3 is 2. The third-order valence-corrected chi connectivity index (χ3v) is 6.27. The molecule has 0 bridgehead atoms. The number of carbonyl (C=O) groups is 2. The summed E-state index contributed by atoms with van der Waals surface area (Å²) in [4.78, 5) is 45.4. The van der Waals surface area contributed by atoms with Crippen molar-refractivity contribution in [2.75, 3.05) is 26.3 Å². The van der Waals surface area contributed by atoms with Crippen LogP contribution < -0.4 is 21.1 Å². The first-order chi connectivity index (χ1) is 17.9. The number of rotatable bonds is 10. The van der Waals surface area contributed by atoms with E-state index in [1.165, 1.54) is 19.6 Å². The molecule has 0 saturated heterocycles. The largest absolute Gasteiger partial charge is 0.497 e. The van der Waals surface area contributed by atoms with E-state index in [0.717, 1.165) is 21.5 Å². The highest BCUT2D eigenvalue weighted by atomic mass is 32.1. The third-order valence-electron chi connectivity index (χ3n) is 5.51. The first-order valence-corrected chi connectivity index (χ1v) is 12.0. The molecule has 0 radical (unpaired) electrons. The van der Waals surface area contributed by atoms with Gasteiger partial charge in [-0.1, -0.05) is 30.3 Å². The van der Waals surface area contributed by atoms with Crippen molar-refractivity contribution < 1.29 is 24.2 Å². The van der Waals surface area contributed by atoms with E-state index in [4.69, 9.17) is 9.47 Å². The average molecular weight is 524 g/mol. The Bertz CT molecular complexity index is 1430. The minimum absolute atomic E-state index is 0.0173. The summed E-state index contributed by atoms with van der Waals surface area (Å²) in [5, 5.41) is 17.9. The van der Waals surface area contributed by atoms with Gasteiger partial charge in [0, 0.05) is 24.5 Å². The lowest BCUT2D eigenvalue weighted by atomic mass is 10.0. The van der Waals surface area contributed by atoms with Crippen LogP contribution in [0.15, 0.2) is 64.8 Å². The van der Waals surface area contributed by atoms with Gasteiger partial charge >= 0.3 is 5.69 Å². The van der Waals surface area contributed by atoms with Crippen LogP contribution >= 0.6 is 11.3 Å². The van der Waals surface area contributed by atoms with Crippen molar-refractivity contribution in [1.82, 2.24) is 19.9 Å². The van der Waals surface area contributed by atoms with Gasteiger partial charge in [-0.3, -0.25) is 9.59 Å². The second-order valence-corrected chi connectivity index (χ2v) is 8.76. The number of aromatic hydroxyl groups is 1. The van der Waals surface area contributed by atoms with E-state index in [-0.39, 0.29) is 35.6 Å². The van der Waals surface area contributed by atoms with Crippen LogP contribution in [-0.2, 0) is 16.0 Å². The maximum Gasteiger partial charge on any atom is 0.329 e. The van der Waals surface area contributed by atoms with E-state index in [9.17, 15) is 19.5 Å². The number of nitrogens with one attached hydrogen (secondary N) is 3. The monoisotopic (exact) mass is 523 g/mol. The number of aromatic amines is 1. The normalized spacial score (nSPS) is 11.6. The lowest BCUT2D eigenvalue weighted by Crippen LogP contribution is -2.33. The molecule has 192 valence electrons. The maximum absolute atomic E-state index is 13.4. The smallest absolute Gasteiger partial charge is 0.329 e. The van der Waals surface area contributed by atoms with Gasteiger partial charge in [0.25, 0.3) is 5.91 Å². The fourth-order valence-corrected chi connectivity index (χ4v) is 4.37. The molecule has 2 heterocycles. The third kappa shape index (κ3) is 5.88. The second kappa shape index (κ2) is 11.5. The van der Waals surface area contributed by atoms with Crippen molar-refractivity contribution in [3.05, 3.63) is 81.7 Å². The molecule has 0 aliphatic rings. The SMILES string of the molecule is COCNC(=O)c1csc(NC(=O)[C@H](Cc2ccccc2)n2c(O)c(-c3ccc(OC)cc3)[nH]c2=O)n1. The van der Waals surface area contributed by atoms with Crippen molar-refractivity contribution in [3.8, 4) is 22.9 Å². The van der Waals surface area contributed by atoms with Crippen LogP contribution in [0.4, 0.5) is 5.13 Å². The summed E-state index contributed by atoms with van der Waals surface area (Å²) >= 11 is 1.06. The van der Waals surface area contributed by atoms with E-state index < -0.39 is 23.5 Å². The van der Waals surface area contributed by atoms with Gasteiger partial charge in [-0.15, -0.1) is 11.3 Å². The van der Waals surface area contributed by atoms with Crippen LogP contribution in [0.2, 0.25) is 0 Å². The van der Waals surface area contributed by atoms with Crippen molar-refractivity contribution in [1.29, 1.82) is 0 Å². The number of nitrogens with zero attached hydrogens (tertiary/aromatic N) is 2. The Kier molecular flexibility index (Phi) is 8.01. The number of anilines is 1. The zero-order valence-electron chi connectivity index (χ0n) is 20.1. The summed E-state index contributed by atoms with van der Waals surface area (Å²) in [5.41, 5.74) is 0.947. The first kappa shape index (κ1) is 25.7. The summed E-state index contributed by atoms with van der Waals surface area (Å²) in [7, 11) is 2.98. The predicted molar refractivity (Wildman–Crippen MR) is 138 cm³/mol. The van der Waals surface area contributed by atoms with Gasteiger partial charge in [0.1, 0.15) is 29.9 Å². The van der Waals surface area contributed by atoms with Gasteiger partial charge < -0.3 is 30.2 Å². The predicted octanol–water partition coefficient (Wildman–Crippen LogP) is 2.77. The van der Waals surface area contributed by atoms with Crippen LogP contribution in [0.25, 0.3) is 11.3 Å². The van der Waals surface area contributed by atoms with Crippen LogP contribution in [0.1, 0.15) is 22.1 Å². The molecule has 2 aromatic carbocycles. The number of imidazole rings is 1. The summed E-state index contributed by atoms with van der Waals surface area (Å²) < 4.78 is 11.0. The maximum atomic E-state index is 13.4. The Balaban J connectivity index is 1.65. The molecule has 2 aromatic heterocycles. The summed E-state index contributed by atoms with van der Waals surface area (Å²) in [6.45, 7) is 0.0173. The highest BCUT2D eigenvalue weighted by Crippen LogP contribution is 2.31. The molecule has 4 N–H and O–H groups in total. The zero-order chi connectivity index (χ0) is 26.4. The molecule has 0 unspecified atom stereocenters. The molecular weight excluding hydrogens is 498 g/mol. The molecule has 12 heteroatoms. The Labute approximate surface area is 215 Å². The number of amides is 2. The summed E-state index contributed by atoms with van der Waals surface area (Å²) in [6.07, 6.45) is 0.118. The Morgan fingerprint density at radius 1 is 1.14 bits per heavy atom. The van der Waals surface area contributed by atoms with Gasteiger partial charge in [-0.05, 0) is 29.8 Å². The molecular formula is C25H25N5O6S. The molecule has 0 aliphatic carbocycles. The first-order valence-electron chi connectivity index (χ1n) is 11.2. The number of aromatic nitrogens is 3. The standard InChI is InChI=1S/C25H25N5O6S/c1-35-14-26-21(31)18-13-37-24(27-18)29-22(32)19(12-15-6-4-3-5-7-15)30-23(33)20(28-25(30)34)16-8-10-17(36-2)11-9-16/h3-11,13,19,33H,12,14H2,1-2H3,(H,26,31)(H,28,34)(H,27,29,32)/t19-/m0/s1. The summed E-state index contributed by atoms with van der Waals surface area (Å²) in [6, 6.07) is 14.8. The number of carbonyl (C=O) groups excluding carboxylic acids is 2. The summed E-state index contributed by atoms with van der Waals surface area (Å²) in [5.74, 6) is -0.808. The molecule has 4 rings (SSSR count). The van der Waals surface area contributed by atoms with Crippen molar-refractivity contribution in [2.45, 2.75) is 12.5 Å². The molecule has 2 amide bonds. The van der Waals surface area contributed by atoms with Gasteiger partial charge in [-0.25, -0.2) is 14.3 Å². The molecule has 0 saturated carbocycles. The number of benzene rings is 2. The topological polar surface area (TPSA) is 148 Å². The highest BCUT2D eigenvalue weighted by molar-refractivity contribution is 7.14. The molecule has 0 fully saturated rings. The number of H-pyrrole nitrogens is 1. The lowest BCUT2D eigenvalue weighted by molar-refractivity contribution is -0.119. The molecule has 37 heavy (non-hydrogen) atoms. The number of ether oxygens (including phenoxy) is 2. The van der Waals surface area contributed by atoms with E-state index in [1.807, 2.05) is 30.3 Å². The van der Waals surface area contributed by atoms with Gasteiger partial charge in [-0.2, -0.15) is 0 Å². The fraction of sp³-hybridized carbons (Fsp3) is 0.200. The van der Waals surface area contributed by atoms with Crippen molar-refractivity contribution in [3.63, 3.8) is 0 Å². The zero-order valence-corrected chi connectivity index (χ0v) is 20.9. The van der Waals surface area contributed by atoms with Gasteiger partial charge in [0.05, 0.1) is 7.11 Å². The van der Waals surface area contributed by atoms with E-state index >= 15 is 0 Å². The minimum Gasteiger partial charge on any atom is -0.497 e. The second-order valence-electron chi connectivity index (χ2n) is 7.90. The molecule has 11 nitrogen and oxygen atoms in total. The van der Waals surface area contributed by atoms with Crippen LogP contribution in [-0.4, -0.2) is 52.4 Å². The number of hydrogen-bond donors (Lipinski definition) is 4. The van der Waals surface area contributed by atoms with Crippen LogP contribution in [0, 0.1) is 0 Å². The Hall–Kier alpha value is -4.42. The van der Waals surface area contributed by atoms with E-state index in [1.54, 1.807) is 24.3 Å². The van der Waals surface area contributed by atoms with Crippen LogP contribution in [0.3, 0.4) is 0 Å². The van der Waals surface area contributed by atoms with E-state index in [2.05, 4.69) is 20.6 Å². The molecule has 4 aromatic rings. The number of hydrogen-bond acceptors (Lipinski definition) is 8.